The minimum Gasteiger partial charge on any atom is -0.492 e. The molecule has 1 aliphatic heterocycles. The van der Waals surface area contributed by atoms with E-state index in [1.807, 2.05) is 0 Å². The summed E-state index contributed by atoms with van der Waals surface area (Å²) >= 11 is 0. The summed E-state index contributed by atoms with van der Waals surface area (Å²) in [7, 11) is -3.11. The molecule has 0 bridgehead atoms. The zero-order chi connectivity index (χ0) is 25.1. The van der Waals surface area contributed by atoms with Crippen LogP contribution < -0.4 is 4.74 Å². The Labute approximate surface area is 202 Å². The van der Waals surface area contributed by atoms with Crippen molar-refractivity contribution in [2.24, 2.45) is 0 Å². The summed E-state index contributed by atoms with van der Waals surface area (Å²) in [5.41, 5.74) is -0.0895. The molecule has 1 aromatic carbocycles. The number of carbonyl (C=O) groups excluding carboxylic acids is 2. The summed E-state index contributed by atoms with van der Waals surface area (Å²) in [5.74, 6) is -0.839. The molecule has 1 heterocycles. The van der Waals surface area contributed by atoms with Gasteiger partial charge in [-0.3, -0.25) is 9.69 Å². The quantitative estimate of drug-likeness (QED) is 0.260. The summed E-state index contributed by atoms with van der Waals surface area (Å²) in [6, 6.07) is 4.66. The molecule has 190 valence electrons. The number of esters is 2. The summed E-state index contributed by atoms with van der Waals surface area (Å²) in [4.78, 5) is 26.7. The summed E-state index contributed by atoms with van der Waals surface area (Å²) in [6.45, 7) is 12.0. The average Bonchev–Trinajstić information content (AvgIpc) is 2.77. The van der Waals surface area contributed by atoms with Crippen molar-refractivity contribution in [3.63, 3.8) is 0 Å². The Kier molecular flexibility index (Phi) is 11.0. The molecule has 11 heteroatoms. The van der Waals surface area contributed by atoms with Gasteiger partial charge in [-0.1, -0.05) is 12.7 Å². The Morgan fingerprint density at radius 2 is 1.94 bits per heavy atom. The van der Waals surface area contributed by atoms with Crippen LogP contribution in [0.5, 0.6) is 5.75 Å². The fourth-order valence-electron chi connectivity index (χ4n) is 3.19. The molecule has 1 saturated heterocycles. The lowest BCUT2D eigenvalue weighted by Gasteiger charge is -2.26. The molecule has 0 atom stereocenters. The molecule has 0 radical (unpaired) electrons. The van der Waals surface area contributed by atoms with Gasteiger partial charge in [0.05, 0.1) is 18.8 Å². The zero-order valence-electron chi connectivity index (χ0n) is 20.0. The van der Waals surface area contributed by atoms with Crippen LogP contribution in [-0.2, 0) is 36.4 Å². The van der Waals surface area contributed by atoms with E-state index in [1.54, 1.807) is 32.9 Å². The highest BCUT2D eigenvalue weighted by Gasteiger charge is 2.22. The Morgan fingerprint density at radius 1 is 1.24 bits per heavy atom. The van der Waals surface area contributed by atoms with E-state index < -0.39 is 35.0 Å². The van der Waals surface area contributed by atoms with Gasteiger partial charge in [-0.25, -0.2) is 13.2 Å². The van der Waals surface area contributed by atoms with Gasteiger partial charge >= 0.3 is 11.9 Å². The molecule has 2 rings (SSSR count). The predicted molar refractivity (Wildman–Crippen MR) is 126 cm³/mol. The van der Waals surface area contributed by atoms with Crippen LogP contribution in [0.25, 0.3) is 0 Å². The van der Waals surface area contributed by atoms with Gasteiger partial charge in [0.15, 0.2) is 0 Å². The fraction of sp³-hybridized carbons (Fsp3) is 0.565. The van der Waals surface area contributed by atoms with Gasteiger partial charge in [-0.15, -0.1) is 0 Å². The highest BCUT2D eigenvalue weighted by atomic mass is 32.2. The van der Waals surface area contributed by atoms with E-state index in [4.69, 9.17) is 18.9 Å². The maximum absolute atomic E-state index is 12.3. The average molecular weight is 499 g/mol. The normalized spacial score (nSPS) is 14.7. The molecule has 1 aliphatic rings. The summed E-state index contributed by atoms with van der Waals surface area (Å²) in [6.07, 6.45) is 1.45. The number of nitrogens with zero attached hydrogens (tertiary/aromatic N) is 2. The number of benzene rings is 1. The van der Waals surface area contributed by atoms with Crippen molar-refractivity contribution in [2.45, 2.75) is 32.9 Å². The predicted octanol–water partition coefficient (Wildman–Crippen LogP) is 1.41. The molecular formula is C23H34N2O8S. The van der Waals surface area contributed by atoms with Crippen molar-refractivity contribution in [2.75, 3.05) is 52.6 Å². The molecule has 10 nitrogen and oxygen atoms in total. The third-order valence-electron chi connectivity index (χ3n) is 4.71. The number of rotatable bonds is 12. The van der Waals surface area contributed by atoms with Crippen LogP contribution in [0.1, 0.15) is 36.7 Å². The van der Waals surface area contributed by atoms with Crippen LogP contribution in [0.4, 0.5) is 0 Å². The SMILES string of the molecule is C=CCOC(=O)c1ccc(OCCN2CCOCC2)c(CN(CC(=O)OC(C)(C)C)[SH](=O)=O)c1. The number of thiol groups is 1. The van der Waals surface area contributed by atoms with E-state index >= 15 is 0 Å². The lowest BCUT2D eigenvalue weighted by molar-refractivity contribution is -0.155. The maximum Gasteiger partial charge on any atom is 0.338 e. The second kappa shape index (κ2) is 13.4. The van der Waals surface area contributed by atoms with Gasteiger partial charge in [-0.05, 0) is 39.0 Å². The summed E-state index contributed by atoms with van der Waals surface area (Å²) in [5, 5.41) is 0. The minimum absolute atomic E-state index is 0.0448. The van der Waals surface area contributed by atoms with Crippen LogP contribution >= 0.6 is 0 Å². The largest absolute Gasteiger partial charge is 0.492 e. The third kappa shape index (κ3) is 9.80. The topological polar surface area (TPSA) is 112 Å². The number of carbonyl (C=O) groups is 2. The molecule has 0 unspecified atom stereocenters. The summed E-state index contributed by atoms with van der Waals surface area (Å²) < 4.78 is 46.3. The van der Waals surface area contributed by atoms with Crippen LogP contribution in [0.2, 0.25) is 0 Å². The molecule has 0 spiro atoms. The number of ether oxygens (including phenoxy) is 4. The Bertz CT molecular complexity index is 912. The van der Waals surface area contributed by atoms with Crippen molar-refractivity contribution in [1.29, 1.82) is 0 Å². The van der Waals surface area contributed by atoms with Gasteiger partial charge in [0.25, 0.3) is 0 Å². The van der Waals surface area contributed by atoms with Crippen molar-refractivity contribution in [3.8, 4) is 5.75 Å². The second-order valence-electron chi connectivity index (χ2n) is 8.66. The molecule has 0 amide bonds. The van der Waals surface area contributed by atoms with Gasteiger partial charge < -0.3 is 18.9 Å². The molecule has 0 N–H and O–H groups in total. The molecule has 0 aromatic heterocycles. The van der Waals surface area contributed by atoms with E-state index in [-0.39, 0.29) is 18.7 Å². The second-order valence-corrected chi connectivity index (χ2v) is 9.70. The zero-order valence-corrected chi connectivity index (χ0v) is 20.9. The minimum atomic E-state index is -3.11. The molecule has 0 saturated carbocycles. The van der Waals surface area contributed by atoms with Crippen molar-refractivity contribution < 1.29 is 37.0 Å². The lowest BCUT2D eigenvalue weighted by Crippen LogP contribution is -2.38. The van der Waals surface area contributed by atoms with E-state index in [1.165, 1.54) is 12.1 Å². The van der Waals surface area contributed by atoms with E-state index in [0.29, 0.717) is 37.7 Å². The fourth-order valence-corrected chi connectivity index (χ4v) is 3.69. The molecule has 1 aromatic rings. The van der Waals surface area contributed by atoms with Gasteiger partial charge in [-0.2, -0.15) is 4.31 Å². The standard InChI is InChI=1S/C23H34N2O8S/c1-5-11-32-22(27)18-6-7-20(31-14-10-24-8-12-30-13-9-24)19(15-18)16-25(34(28)29)17-21(26)33-23(2,3)4/h5-7,15,34H,1,8-14,16-17H2,2-4H3. The van der Waals surface area contributed by atoms with Crippen LogP contribution in [0, 0.1) is 0 Å². The highest BCUT2D eigenvalue weighted by molar-refractivity contribution is 7.69. The van der Waals surface area contributed by atoms with Crippen molar-refractivity contribution in [1.82, 2.24) is 9.21 Å². The van der Waals surface area contributed by atoms with Crippen LogP contribution in [0.3, 0.4) is 0 Å². The lowest BCUT2D eigenvalue weighted by atomic mass is 10.1. The van der Waals surface area contributed by atoms with Gasteiger partial charge in [0, 0.05) is 31.7 Å². The van der Waals surface area contributed by atoms with Crippen LogP contribution in [0.15, 0.2) is 30.9 Å². The monoisotopic (exact) mass is 498 g/mol. The van der Waals surface area contributed by atoms with E-state index in [0.717, 1.165) is 17.4 Å². The third-order valence-corrected chi connectivity index (χ3v) is 5.46. The van der Waals surface area contributed by atoms with Gasteiger partial charge in [0.1, 0.15) is 31.1 Å². The first kappa shape index (κ1) is 27.8. The first-order chi connectivity index (χ1) is 16.1. The Balaban J connectivity index is 2.19. The van der Waals surface area contributed by atoms with Crippen molar-refractivity contribution >= 4 is 22.8 Å². The first-order valence-corrected chi connectivity index (χ1v) is 12.2. The van der Waals surface area contributed by atoms with Gasteiger partial charge in [0.2, 0.25) is 10.9 Å². The van der Waals surface area contributed by atoms with Crippen molar-refractivity contribution in [3.05, 3.63) is 42.0 Å². The molecular weight excluding hydrogens is 464 g/mol. The smallest absolute Gasteiger partial charge is 0.338 e. The van der Waals surface area contributed by atoms with E-state index in [9.17, 15) is 18.0 Å². The Morgan fingerprint density at radius 3 is 2.56 bits per heavy atom. The number of morpholine rings is 1. The number of hydrogen-bond acceptors (Lipinski definition) is 9. The molecule has 34 heavy (non-hydrogen) atoms. The molecule has 0 aliphatic carbocycles. The van der Waals surface area contributed by atoms with Crippen LogP contribution in [-0.4, -0.2) is 87.8 Å². The highest BCUT2D eigenvalue weighted by Crippen LogP contribution is 2.23. The number of hydrogen-bond donors (Lipinski definition) is 1. The molecule has 1 fully saturated rings. The van der Waals surface area contributed by atoms with E-state index in [2.05, 4.69) is 11.5 Å². The maximum atomic E-state index is 12.3. The first-order valence-electron chi connectivity index (χ1n) is 11.0. The Hall–Kier alpha value is -2.47.